The minimum atomic E-state index is 0.788. The second-order valence-corrected chi connectivity index (χ2v) is 1.69. The molecule has 0 aromatic carbocycles. The number of hydrogen-bond acceptors (Lipinski definition) is 1. The fourth-order valence-electron chi connectivity index (χ4n) is 0.455. The van der Waals surface area contributed by atoms with Crippen LogP contribution in [0, 0.1) is 0 Å². The van der Waals surface area contributed by atoms with E-state index in [9.17, 15) is 0 Å². The Bertz CT molecular complexity index is 141. The summed E-state index contributed by atoms with van der Waals surface area (Å²) in [5.74, 6) is 0. The van der Waals surface area contributed by atoms with E-state index in [1.54, 1.807) is 0 Å². The van der Waals surface area contributed by atoms with Gasteiger partial charge in [-0.25, -0.2) is 0 Å². The van der Waals surface area contributed by atoms with E-state index in [-0.39, 0.29) is 0 Å². The van der Waals surface area contributed by atoms with Gasteiger partial charge in [-0.15, -0.1) is 0 Å². The molecule has 0 bridgehead atoms. The van der Waals surface area contributed by atoms with Crippen LogP contribution in [0.15, 0.2) is 36.1 Å². The zero-order valence-corrected chi connectivity index (χ0v) is 5.96. The lowest BCUT2D eigenvalue weighted by Gasteiger charge is -1.84. The lowest BCUT2D eigenvalue weighted by atomic mass is 10.3. The Balaban J connectivity index is 3.84. The predicted molar refractivity (Wildman–Crippen MR) is 41.9 cm³/mol. The average molecular weight is 123 g/mol. The molecule has 0 atom stereocenters. The topological polar surface area (TPSA) is 26.0 Å². The maximum Gasteiger partial charge on any atom is 0.0310 e. The first-order valence-corrected chi connectivity index (χ1v) is 3.02. The molecule has 0 aliphatic rings. The smallest absolute Gasteiger partial charge is 0.0310 e. The molecule has 0 fully saturated rings. The first kappa shape index (κ1) is 8.02. The van der Waals surface area contributed by atoms with Crippen LogP contribution in [-0.4, -0.2) is 0 Å². The zero-order chi connectivity index (χ0) is 7.11. The van der Waals surface area contributed by atoms with Crippen LogP contribution in [-0.2, 0) is 0 Å². The molecule has 9 heavy (non-hydrogen) atoms. The van der Waals surface area contributed by atoms with E-state index in [1.807, 2.05) is 44.2 Å². The fraction of sp³-hybridized carbons (Fsp3) is 0.250. The molecule has 0 aliphatic heterocycles. The molecule has 0 amide bonds. The van der Waals surface area contributed by atoms with Gasteiger partial charge in [0.05, 0.1) is 0 Å². The van der Waals surface area contributed by atoms with Crippen molar-refractivity contribution in [3.8, 4) is 0 Å². The highest BCUT2D eigenvalue weighted by Crippen LogP contribution is 1.86. The Labute approximate surface area is 56.6 Å². The van der Waals surface area contributed by atoms with Crippen LogP contribution in [0.4, 0.5) is 0 Å². The highest BCUT2D eigenvalue weighted by atomic mass is 14.5. The van der Waals surface area contributed by atoms with Gasteiger partial charge in [0.2, 0.25) is 0 Å². The summed E-state index contributed by atoms with van der Waals surface area (Å²) in [5.41, 5.74) is 6.28. The quantitative estimate of drug-likeness (QED) is 0.558. The van der Waals surface area contributed by atoms with Crippen LogP contribution in [0.1, 0.15) is 13.8 Å². The molecular weight excluding hydrogens is 110 g/mol. The molecule has 0 saturated heterocycles. The average Bonchev–Trinajstić information content (AvgIpc) is 1.85. The van der Waals surface area contributed by atoms with Crippen LogP contribution in [0.2, 0.25) is 0 Å². The summed E-state index contributed by atoms with van der Waals surface area (Å²) in [6.07, 6.45) is 9.49. The zero-order valence-electron chi connectivity index (χ0n) is 5.96. The Morgan fingerprint density at radius 1 is 1.22 bits per heavy atom. The number of nitrogens with two attached hydrogens (primary N) is 1. The van der Waals surface area contributed by atoms with Gasteiger partial charge in [0.1, 0.15) is 0 Å². The molecule has 0 rings (SSSR count). The summed E-state index contributed by atoms with van der Waals surface area (Å²) in [6.45, 7) is 3.90. The second-order valence-electron chi connectivity index (χ2n) is 1.69. The van der Waals surface area contributed by atoms with Gasteiger partial charge in [-0.3, -0.25) is 0 Å². The van der Waals surface area contributed by atoms with E-state index in [4.69, 9.17) is 5.73 Å². The number of rotatable bonds is 2. The number of hydrogen-bond donors (Lipinski definition) is 1. The normalized spacial score (nSPS) is 13.8. The van der Waals surface area contributed by atoms with Gasteiger partial charge < -0.3 is 5.73 Å². The van der Waals surface area contributed by atoms with E-state index in [0.717, 1.165) is 5.70 Å². The molecule has 0 aromatic heterocycles. The molecule has 0 unspecified atom stereocenters. The maximum atomic E-state index is 5.49. The van der Waals surface area contributed by atoms with Gasteiger partial charge in [0, 0.05) is 5.70 Å². The van der Waals surface area contributed by atoms with Crippen molar-refractivity contribution in [2.45, 2.75) is 13.8 Å². The van der Waals surface area contributed by atoms with Crippen molar-refractivity contribution in [3.05, 3.63) is 36.1 Å². The predicted octanol–water partition coefficient (Wildman–Crippen LogP) is 1.98. The summed E-state index contributed by atoms with van der Waals surface area (Å²) >= 11 is 0. The van der Waals surface area contributed by atoms with Crippen molar-refractivity contribution in [2.75, 3.05) is 0 Å². The van der Waals surface area contributed by atoms with Gasteiger partial charge >= 0.3 is 0 Å². The third-order valence-corrected chi connectivity index (χ3v) is 0.840. The summed E-state index contributed by atoms with van der Waals surface area (Å²) in [6, 6.07) is 0. The van der Waals surface area contributed by atoms with Gasteiger partial charge in [-0.1, -0.05) is 18.2 Å². The molecule has 0 heterocycles. The third-order valence-electron chi connectivity index (χ3n) is 0.840. The van der Waals surface area contributed by atoms with Crippen LogP contribution in [0.25, 0.3) is 0 Å². The summed E-state index contributed by atoms with van der Waals surface area (Å²) in [4.78, 5) is 0. The largest absolute Gasteiger partial charge is 0.399 e. The molecule has 2 N–H and O–H groups in total. The van der Waals surface area contributed by atoms with Crippen molar-refractivity contribution < 1.29 is 0 Å². The molecular formula is C8H13N. The minimum Gasteiger partial charge on any atom is -0.399 e. The van der Waals surface area contributed by atoms with Crippen LogP contribution in [0.5, 0.6) is 0 Å². The Hall–Kier alpha value is -0.980. The van der Waals surface area contributed by atoms with E-state index in [0.29, 0.717) is 0 Å². The Kier molecular flexibility index (Phi) is 4.60. The molecule has 0 saturated carbocycles. The highest BCUT2D eigenvalue weighted by molar-refractivity contribution is 5.19. The fourth-order valence-corrected chi connectivity index (χ4v) is 0.455. The minimum absolute atomic E-state index is 0.788. The van der Waals surface area contributed by atoms with Crippen molar-refractivity contribution in [1.29, 1.82) is 0 Å². The van der Waals surface area contributed by atoms with Crippen molar-refractivity contribution in [1.82, 2.24) is 0 Å². The molecule has 1 nitrogen and oxygen atoms in total. The highest BCUT2D eigenvalue weighted by Gasteiger charge is 1.72. The number of allylic oxidation sites excluding steroid dienone is 5. The molecule has 0 aromatic rings. The SMILES string of the molecule is C\C=C/C=C(N)\C=C\C. The Morgan fingerprint density at radius 2 is 1.89 bits per heavy atom. The first-order chi connectivity index (χ1) is 4.31. The second kappa shape index (κ2) is 5.16. The lowest BCUT2D eigenvalue weighted by Crippen LogP contribution is -1.90. The van der Waals surface area contributed by atoms with Gasteiger partial charge in [0.15, 0.2) is 0 Å². The summed E-state index contributed by atoms with van der Waals surface area (Å²) in [7, 11) is 0. The van der Waals surface area contributed by atoms with Crippen LogP contribution < -0.4 is 5.73 Å². The molecule has 0 aliphatic carbocycles. The van der Waals surface area contributed by atoms with Gasteiger partial charge in [-0.05, 0) is 26.0 Å². The summed E-state index contributed by atoms with van der Waals surface area (Å²) in [5, 5.41) is 0. The lowest BCUT2D eigenvalue weighted by molar-refractivity contribution is 1.41. The van der Waals surface area contributed by atoms with Gasteiger partial charge in [-0.2, -0.15) is 0 Å². The monoisotopic (exact) mass is 123 g/mol. The molecule has 0 spiro atoms. The first-order valence-electron chi connectivity index (χ1n) is 3.02. The summed E-state index contributed by atoms with van der Waals surface area (Å²) < 4.78 is 0. The van der Waals surface area contributed by atoms with Crippen LogP contribution in [0.3, 0.4) is 0 Å². The van der Waals surface area contributed by atoms with Gasteiger partial charge in [0.25, 0.3) is 0 Å². The van der Waals surface area contributed by atoms with E-state index >= 15 is 0 Å². The van der Waals surface area contributed by atoms with Crippen molar-refractivity contribution in [3.63, 3.8) is 0 Å². The van der Waals surface area contributed by atoms with Crippen molar-refractivity contribution >= 4 is 0 Å². The molecule has 1 heteroatoms. The molecule has 50 valence electrons. The third kappa shape index (κ3) is 4.88. The van der Waals surface area contributed by atoms with E-state index < -0.39 is 0 Å². The maximum absolute atomic E-state index is 5.49. The van der Waals surface area contributed by atoms with Crippen molar-refractivity contribution in [2.24, 2.45) is 5.73 Å². The standard InChI is InChI=1S/C8H13N/c1-3-5-7-8(9)6-4-2/h3-7H,9H2,1-2H3/b5-3-,6-4+,8-7+. The molecule has 0 radical (unpaired) electrons. The van der Waals surface area contributed by atoms with Crippen LogP contribution >= 0.6 is 0 Å². The Morgan fingerprint density at radius 3 is 2.33 bits per heavy atom. The van der Waals surface area contributed by atoms with E-state index in [2.05, 4.69) is 0 Å². The van der Waals surface area contributed by atoms with E-state index in [1.165, 1.54) is 0 Å².